The number of aromatic hydroxyl groups is 1. The minimum Gasteiger partial charge on any atom is -0.507 e. The molecular weight excluding hydrogens is 382 g/mol. The molecule has 0 aromatic heterocycles. The maximum Gasteiger partial charge on any atom is 0.125 e. The van der Waals surface area contributed by atoms with Gasteiger partial charge in [-0.1, -0.05) is 60.2 Å². The molecule has 5 aromatic carbocycles. The summed E-state index contributed by atoms with van der Waals surface area (Å²) in [5, 5.41) is 16.6. The Morgan fingerprint density at radius 1 is 0.774 bits per heavy atom. The van der Waals surface area contributed by atoms with E-state index in [0.717, 1.165) is 38.6 Å². The summed E-state index contributed by atoms with van der Waals surface area (Å²) in [6.07, 6.45) is 0. The van der Waals surface area contributed by atoms with Crippen LogP contribution in [0.5, 0.6) is 5.75 Å². The Morgan fingerprint density at radius 3 is 2.29 bits per heavy atom. The number of fused-ring (bicyclic) bond motifs is 2. The van der Waals surface area contributed by atoms with Crippen LogP contribution in [0.2, 0.25) is 0 Å². The lowest BCUT2D eigenvalue weighted by Gasteiger charge is -2.29. The monoisotopic (exact) mass is 405 g/mol. The summed E-state index contributed by atoms with van der Waals surface area (Å²) < 4.78 is 0. The minimum atomic E-state index is 0.245. The van der Waals surface area contributed by atoms with Crippen molar-refractivity contribution in [2.24, 2.45) is 0 Å². The number of hydrogen-bond acceptors (Lipinski definition) is 4. The van der Waals surface area contributed by atoms with Gasteiger partial charge in [-0.15, -0.1) is 0 Å². The molecule has 5 aromatic rings. The number of phenols is 1. The van der Waals surface area contributed by atoms with E-state index >= 15 is 0 Å². The predicted molar refractivity (Wildman–Crippen MR) is 131 cm³/mol. The van der Waals surface area contributed by atoms with Gasteiger partial charge in [0.1, 0.15) is 5.75 Å². The third-order valence-corrected chi connectivity index (χ3v) is 5.53. The Hall–Kier alpha value is -4.18. The molecule has 0 amide bonds. The molecule has 5 rings (SSSR count). The van der Waals surface area contributed by atoms with E-state index in [9.17, 15) is 5.11 Å². The number of nitrogens with two attached hydrogens (primary N) is 1. The van der Waals surface area contributed by atoms with Gasteiger partial charge in [0.25, 0.3) is 0 Å². The molecule has 0 aliphatic carbocycles. The fraction of sp³-hybridized carbons (Fsp3) is 0.0370. The second-order valence-electron chi connectivity index (χ2n) is 7.72. The molecule has 4 nitrogen and oxygen atoms in total. The zero-order chi connectivity index (χ0) is 21.4. The summed E-state index contributed by atoms with van der Waals surface area (Å²) in [7, 11) is 0. The summed E-state index contributed by atoms with van der Waals surface area (Å²) in [6, 6.07) is 31.9. The number of anilines is 4. The number of benzene rings is 5. The van der Waals surface area contributed by atoms with Crippen LogP contribution in [0.1, 0.15) is 5.56 Å². The average molecular weight is 406 g/mol. The molecule has 0 aliphatic heterocycles. The number of nitrogens with one attached hydrogen (secondary N) is 1. The van der Waals surface area contributed by atoms with Crippen LogP contribution < -0.4 is 16.2 Å². The van der Waals surface area contributed by atoms with Crippen LogP contribution in [0.3, 0.4) is 0 Å². The minimum absolute atomic E-state index is 0.245. The lowest BCUT2D eigenvalue weighted by Crippen LogP contribution is -2.24. The van der Waals surface area contributed by atoms with Gasteiger partial charge in [-0.05, 0) is 60.2 Å². The van der Waals surface area contributed by atoms with Crippen LogP contribution in [0.25, 0.3) is 21.5 Å². The fourth-order valence-corrected chi connectivity index (χ4v) is 3.95. The number of nitrogen functional groups attached to an aromatic ring is 1. The van der Waals surface area contributed by atoms with Crippen LogP contribution in [0.4, 0.5) is 22.7 Å². The highest BCUT2D eigenvalue weighted by Gasteiger charge is 2.16. The van der Waals surface area contributed by atoms with Crippen LogP contribution in [0.15, 0.2) is 97.1 Å². The third-order valence-electron chi connectivity index (χ3n) is 5.53. The molecule has 0 heterocycles. The summed E-state index contributed by atoms with van der Waals surface area (Å²) in [4.78, 5) is 0. The Kier molecular flexibility index (Phi) is 4.60. The van der Waals surface area contributed by atoms with E-state index in [-0.39, 0.29) is 5.75 Å². The van der Waals surface area contributed by atoms with E-state index in [1.165, 1.54) is 5.56 Å². The maximum absolute atomic E-state index is 10.7. The first-order valence-corrected chi connectivity index (χ1v) is 10.2. The molecule has 0 saturated heterocycles. The molecule has 0 aliphatic rings. The maximum atomic E-state index is 10.7. The molecule has 4 heteroatoms. The quantitative estimate of drug-likeness (QED) is 0.228. The highest BCUT2D eigenvalue weighted by Crippen LogP contribution is 2.38. The molecule has 4 N–H and O–H groups in total. The first-order valence-electron chi connectivity index (χ1n) is 10.2. The Bertz CT molecular complexity index is 1390. The lowest BCUT2D eigenvalue weighted by atomic mass is 10.1. The normalized spacial score (nSPS) is 11.0. The Balaban J connectivity index is 1.72. The van der Waals surface area contributed by atoms with Gasteiger partial charge in [0.15, 0.2) is 0 Å². The highest BCUT2D eigenvalue weighted by atomic mass is 16.3. The van der Waals surface area contributed by atoms with Gasteiger partial charge in [0.05, 0.1) is 17.1 Å². The van der Waals surface area contributed by atoms with Gasteiger partial charge in [-0.25, -0.2) is 0 Å². The molecule has 0 bridgehead atoms. The van der Waals surface area contributed by atoms with Gasteiger partial charge >= 0.3 is 0 Å². The van der Waals surface area contributed by atoms with E-state index in [2.05, 4.69) is 42.7 Å². The predicted octanol–water partition coefficient (Wildman–Crippen LogP) is 6.75. The van der Waals surface area contributed by atoms with Gasteiger partial charge in [0.2, 0.25) is 0 Å². The Morgan fingerprint density at radius 2 is 1.48 bits per heavy atom. The second-order valence-corrected chi connectivity index (χ2v) is 7.72. The molecular formula is C27H23N3O. The van der Waals surface area contributed by atoms with E-state index in [4.69, 9.17) is 5.73 Å². The molecule has 0 radical (unpaired) electrons. The molecule has 0 spiro atoms. The van der Waals surface area contributed by atoms with Crippen molar-refractivity contribution in [1.82, 2.24) is 0 Å². The van der Waals surface area contributed by atoms with Crippen molar-refractivity contribution < 1.29 is 5.11 Å². The number of hydrazine groups is 1. The summed E-state index contributed by atoms with van der Waals surface area (Å²) >= 11 is 0. The smallest absolute Gasteiger partial charge is 0.125 e. The van der Waals surface area contributed by atoms with Gasteiger partial charge < -0.3 is 10.8 Å². The Labute approximate surface area is 181 Å². The number of hydrogen-bond donors (Lipinski definition) is 3. The van der Waals surface area contributed by atoms with Gasteiger partial charge in [-0.3, -0.25) is 10.4 Å². The number of phenolic OH excluding ortho intramolecular Hbond substituents is 1. The number of aryl methyl sites for hydroxylation is 1. The third kappa shape index (κ3) is 3.49. The van der Waals surface area contributed by atoms with Gasteiger partial charge in [-0.2, -0.15) is 0 Å². The first-order chi connectivity index (χ1) is 15.1. The summed E-state index contributed by atoms with van der Waals surface area (Å²) in [6.45, 7) is 2.07. The summed E-state index contributed by atoms with van der Waals surface area (Å²) in [5.41, 5.74) is 14.3. The van der Waals surface area contributed by atoms with Crippen molar-refractivity contribution >= 4 is 44.3 Å². The van der Waals surface area contributed by atoms with Crippen LogP contribution in [-0.4, -0.2) is 5.11 Å². The first kappa shape index (κ1) is 18.8. The SMILES string of the molecule is Cc1ccc(N(Nc2cccc3ccc(N)cc23)c2cccc3cccc(O)c23)cc1. The summed E-state index contributed by atoms with van der Waals surface area (Å²) in [5.74, 6) is 0.245. The largest absolute Gasteiger partial charge is 0.507 e. The van der Waals surface area contributed by atoms with Crippen LogP contribution >= 0.6 is 0 Å². The van der Waals surface area contributed by atoms with E-state index in [0.29, 0.717) is 5.69 Å². The standard InChI is InChI=1S/C27H23N3O/c1-18-11-15-22(16-12-18)30(25-9-3-6-20-7-4-10-26(31)27(20)25)29-24-8-2-5-19-13-14-21(28)17-23(19)24/h2-17,29,31H,28H2,1H3. The number of rotatable bonds is 4. The zero-order valence-electron chi connectivity index (χ0n) is 17.2. The molecule has 152 valence electrons. The molecule has 0 fully saturated rings. The van der Waals surface area contributed by atoms with Crippen molar-refractivity contribution in [2.75, 3.05) is 16.2 Å². The van der Waals surface area contributed by atoms with Crippen molar-refractivity contribution in [3.63, 3.8) is 0 Å². The van der Waals surface area contributed by atoms with Crippen LogP contribution in [-0.2, 0) is 0 Å². The lowest BCUT2D eigenvalue weighted by molar-refractivity contribution is 0.481. The van der Waals surface area contributed by atoms with E-state index in [1.54, 1.807) is 6.07 Å². The topological polar surface area (TPSA) is 61.5 Å². The van der Waals surface area contributed by atoms with Gasteiger partial charge in [0, 0.05) is 16.5 Å². The van der Waals surface area contributed by atoms with E-state index < -0.39 is 0 Å². The second kappa shape index (κ2) is 7.58. The number of nitrogens with zero attached hydrogens (tertiary/aromatic N) is 1. The fourth-order valence-electron chi connectivity index (χ4n) is 3.95. The van der Waals surface area contributed by atoms with Crippen LogP contribution in [0, 0.1) is 6.92 Å². The molecule has 0 atom stereocenters. The van der Waals surface area contributed by atoms with Crippen molar-refractivity contribution in [3.8, 4) is 5.75 Å². The van der Waals surface area contributed by atoms with Crippen molar-refractivity contribution in [2.45, 2.75) is 6.92 Å². The molecule has 0 saturated carbocycles. The van der Waals surface area contributed by atoms with Crippen molar-refractivity contribution in [1.29, 1.82) is 0 Å². The van der Waals surface area contributed by atoms with E-state index in [1.807, 2.05) is 65.7 Å². The zero-order valence-corrected chi connectivity index (χ0v) is 17.2. The molecule has 31 heavy (non-hydrogen) atoms. The average Bonchev–Trinajstić information content (AvgIpc) is 2.78. The highest BCUT2D eigenvalue weighted by molar-refractivity contribution is 6.02. The van der Waals surface area contributed by atoms with Crippen molar-refractivity contribution in [3.05, 3.63) is 103 Å². The molecule has 0 unspecified atom stereocenters.